The second-order valence-electron chi connectivity index (χ2n) is 4.63. The van der Waals surface area contributed by atoms with Gasteiger partial charge in [0.1, 0.15) is 10.1 Å². The highest BCUT2D eigenvalue weighted by Crippen LogP contribution is 2.41. The molecule has 0 unspecified atom stereocenters. The van der Waals surface area contributed by atoms with Crippen molar-refractivity contribution in [2.45, 2.75) is 11.3 Å². The predicted molar refractivity (Wildman–Crippen MR) is 81.9 cm³/mol. The minimum absolute atomic E-state index is 0.0316. The molecule has 1 aromatic carbocycles. The average molecular weight is 315 g/mol. The zero-order chi connectivity index (χ0) is 13.6. The lowest BCUT2D eigenvalue weighted by Gasteiger charge is -2.24. The fourth-order valence-electron chi connectivity index (χ4n) is 2.51. The van der Waals surface area contributed by atoms with E-state index >= 15 is 0 Å². The van der Waals surface area contributed by atoms with Gasteiger partial charge in [0.2, 0.25) is 0 Å². The summed E-state index contributed by atoms with van der Waals surface area (Å²) in [6, 6.07) is 7.52. The van der Waals surface area contributed by atoms with Crippen molar-refractivity contribution in [3.63, 3.8) is 0 Å². The summed E-state index contributed by atoms with van der Waals surface area (Å²) < 4.78 is 29.3. The van der Waals surface area contributed by atoms with Gasteiger partial charge < -0.3 is 9.64 Å². The molecule has 0 bridgehead atoms. The Labute approximate surface area is 122 Å². The van der Waals surface area contributed by atoms with Gasteiger partial charge in [-0.05, 0) is 24.3 Å². The van der Waals surface area contributed by atoms with Crippen LogP contribution in [0, 0.1) is 0 Å². The Bertz CT molecular complexity index is 612. The number of fused-ring (bicyclic) bond motifs is 1. The van der Waals surface area contributed by atoms with Crippen LogP contribution < -0.4 is 9.64 Å². The van der Waals surface area contributed by atoms with E-state index in [1.807, 2.05) is 29.2 Å². The summed E-state index contributed by atoms with van der Waals surface area (Å²) >= 11 is 6.87. The highest BCUT2D eigenvalue weighted by Gasteiger charge is 2.48. The molecule has 102 valence electrons. The van der Waals surface area contributed by atoms with Gasteiger partial charge in [-0.25, -0.2) is 8.42 Å². The fraction of sp³-hybridized carbons (Fsp3) is 0.417. The molecule has 2 aliphatic rings. The van der Waals surface area contributed by atoms with Crippen LogP contribution in [0.3, 0.4) is 0 Å². The van der Waals surface area contributed by atoms with Crippen LogP contribution >= 0.6 is 24.0 Å². The molecular formula is C12H13NO3S3. The molecule has 0 aromatic heterocycles. The van der Waals surface area contributed by atoms with E-state index in [0.717, 1.165) is 15.8 Å². The topological polar surface area (TPSA) is 46.6 Å². The van der Waals surface area contributed by atoms with Gasteiger partial charge in [-0.2, -0.15) is 0 Å². The Balaban J connectivity index is 1.92. The Morgan fingerprint density at radius 3 is 2.63 bits per heavy atom. The summed E-state index contributed by atoms with van der Waals surface area (Å²) in [5.74, 6) is 1.20. The van der Waals surface area contributed by atoms with Crippen LogP contribution in [-0.2, 0) is 9.84 Å². The van der Waals surface area contributed by atoms with Crippen molar-refractivity contribution in [3.8, 4) is 5.75 Å². The number of thioether (sulfide) groups is 1. The number of anilines is 1. The van der Waals surface area contributed by atoms with Crippen LogP contribution in [0.4, 0.5) is 5.69 Å². The van der Waals surface area contributed by atoms with Gasteiger partial charge in [0.25, 0.3) is 0 Å². The maximum atomic E-state index is 11.7. The molecule has 7 heteroatoms. The molecule has 0 N–H and O–H groups in total. The summed E-state index contributed by atoms with van der Waals surface area (Å²) in [4.78, 5) is 1.97. The number of hydrogen-bond acceptors (Lipinski definition) is 5. The zero-order valence-corrected chi connectivity index (χ0v) is 12.7. The second-order valence-corrected chi connectivity index (χ2v) is 8.66. The lowest BCUT2D eigenvalue weighted by atomic mass is 10.2. The molecule has 4 nitrogen and oxygen atoms in total. The summed E-state index contributed by atoms with van der Waals surface area (Å²) in [6.45, 7) is 0. The quantitative estimate of drug-likeness (QED) is 0.774. The van der Waals surface area contributed by atoms with Gasteiger partial charge in [0.05, 0.1) is 24.7 Å². The van der Waals surface area contributed by atoms with Crippen molar-refractivity contribution in [2.75, 3.05) is 23.5 Å². The number of nitrogens with zero attached hydrogens (tertiary/aromatic N) is 1. The van der Waals surface area contributed by atoms with Gasteiger partial charge >= 0.3 is 0 Å². The largest absolute Gasteiger partial charge is 0.497 e. The Kier molecular flexibility index (Phi) is 3.23. The summed E-state index contributed by atoms with van der Waals surface area (Å²) in [6.07, 6.45) is 0. The Hall–Kier alpha value is -0.790. The third-order valence-electron chi connectivity index (χ3n) is 3.40. The van der Waals surface area contributed by atoms with Crippen molar-refractivity contribution in [1.29, 1.82) is 0 Å². The maximum Gasteiger partial charge on any atom is 0.153 e. The minimum atomic E-state index is -2.93. The normalized spacial score (nSPS) is 28.5. The standard InChI is InChI=1S/C12H13NO3S3/c1-16-9-4-2-8(3-5-9)13-10-6-19(14,15)7-11(10)18-12(13)17/h2-5,10-11H,6-7H2,1H3/t10-,11-/m1/s1. The lowest BCUT2D eigenvalue weighted by Crippen LogP contribution is -2.36. The first-order chi connectivity index (χ1) is 9.00. The highest BCUT2D eigenvalue weighted by atomic mass is 32.2. The van der Waals surface area contributed by atoms with E-state index < -0.39 is 9.84 Å². The van der Waals surface area contributed by atoms with E-state index in [2.05, 4.69) is 0 Å². The van der Waals surface area contributed by atoms with E-state index in [-0.39, 0.29) is 22.8 Å². The number of methoxy groups -OCH3 is 1. The second kappa shape index (κ2) is 4.64. The molecule has 2 saturated heterocycles. The van der Waals surface area contributed by atoms with E-state index in [9.17, 15) is 8.42 Å². The summed E-state index contributed by atoms with van der Waals surface area (Å²) in [5.41, 5.74) is 0.933. The van der Waals surface area contributed by atoms with Crippen molar-refractivity contribution in [2.24, 2.45) is 0 Å². The molecule has 0 aliphatic carbocycles. The molecule has 2 atom stereocenters. The van der Waals surface area contributed by atoms with E-state index in [1.54, 1.807) is 7.11 Å². The molecular weight excluding hydrogens is 302 g/mol. The van der Waals surface area contributed by atoms with Gasteiger partial charge in [-0.3, -0.25) is 0 Å². The third-order valence-corrected chi connectivity index (χ3v) is 7.00. The molecule has 0 saturated carbocycles. The van der Waals surface area contributed by atoms with Crippen LogP contribution in [0.25, 0.3) is 0 Å². The number of ether oxygens (including phenoxy) is 1. The van der Waals surface area contributed by atoms with E-state index in [4.69, 9.17) is 17.0 Å². The van der Waals surface area contributed by atoms with E-state index in [1.165, 1.54) is 11.8 Å². The fourth-order valence-corrected chi connectivity index (χ4v) is 6.89. The first-order valence-electron chi connectivity index (χ1n) is 5.84. The van der Waals surface area contributed by atoms with Crippen LogP contribution in [0.5, 0.6) is 5.75 Å². The van der Waals surface area contributed by atoms with Crippen molar-refractivity contribution >= 4 is 43.8 Å². The lowest BCUT2D eigenvalue weighted by molar-refractivity contribution is 0.415. The zero-order valence-electron chi connectivity index (χ0n) is 10.3. The summed E-state index contributed by atoms with van der Waals surface area (Å²) in [7, 11) is -1.31. The Morgan fingerprint density at radius 1 is 1.32 bits per heavy atom. The molecule has 2 aliphatic heterocycles. The molecule has 3 rings (SSSR count). The van der Waals surface area contributed by atoms with Crippen LogP contribution in [0.1, 0.15) is 0 Å². The number of thiocarbonyl (C=S) groups is 1. The summed E-state index contributed by atoms with van der Waals surface area (Å²) in [5, 5.41) is 0.0691. The number of rotatable bonds is 2. The molecule has 0 spiro atoms. The maximum absolute atomic E-state index is 11.7. The Morgan fingerprint density at radius 2 is 2.00 bits per heavy atom. The highest BCUT2D eigenvalue weighted by molar-refractivity contribution is 8.24. The third kappa shape index (κ3) is 2.34. The van der Waals surface area contributed by atoms with Crippen molar-refractivity contribution in [1.82, 2.24) is 0 Å². The van der Waals surface area contributed by atoms with Gasteiger partial charge in [0.15, 0.2) is 9.84 Å². The van der Waals surface area contributed by atoms with Crippen LogP contribution in [0.15, 0.2) is 24.3 Å². The van der Waals surface area contributed by atoms with E-state index in [0.29, 0.717) is 0 Å². The number of sulfone groups is 1. The molecule has 0 radical (unpaired) electrons. The number of benzene rings is 1. The monoisotopic (exact) mass is 315 g/mol. The van der Waals surface area contributed by atoms with Crippen LogP contribution in [-0.4, -0.2) is 42.6 Å². The molecule has 19 heavy (non-hydrogen) atoms. The molecule has 2 heterocycles. The minimum Gasteiger partial charge on any atom is -0.497 e. The predicted octanol–water partition coefficient (Wildman–Crippen LogP) is 1.70. The SMILES string of the molecule is COc1ccc(N2C(=S)S[C@@H]3CS(=O)(=O)C[C@H]32)cc1. The first-order valence-corrected chi connectivity index (χ1v) is 8.95. The molecule has 0 amide bonds. The average Bonchev–Trinajstić information content (AvgIpc) is 2.79. The van der Waals surface area contributed by atoms with Crippen molar-refractivity contribution < 1.29 is 13.2 Å². The van der Waals surface area contributed by atoms with Gasteiger partial charge in [-0.15, -0.1) is 0 Å². The van der Waals surface area contributed by atoms with Gasteiger partial charge in [-0.1, -0.05) is 24.0 Å². The van der Waals surface area contributed by atoms with Crippen molar-refractivity contribution in [3.05, 3.63) is 24.3 Å². The van der Waals surface area contributed by atoms with Gasteiger partial charge in [0, 0.05) is 10.9 Å². The van der Waals surface area contributed by atoms with Crippen LogP contribution in [0.2, 0.25) is 0 Å². The number of hydrogen-bond donors (Lipinski definition) is 0. The molecule has 2 fully saturated rings. The first kappa shape index (κ1) is 13.2. The molecule has 1 aromatic rings. The smallest absolute Gasteiger partial charge is 0.153 e.